The Morgan fingerprint density at radius 2 is 1.62 bits per heavy atom. The number of nitrogens with zero attached hydrogens (tertiary/aromatic N) is 1. The molecule has 0 unspecified atom stereocenters. The van der Waals surface area contributed by atoms with E-state index >= 15 is 0 Å². The molecule has 2 saturated carbocycles. The number of hydrogen-bond acceptors (Lipinski definition) is 9. The fourth-order valence-corrected chi connectivity index (χ4v) is 6.85. The molecule has 6 rings (SSSR count). The van der Waals surface area contributed by atoms with Crippen molar-refractivity contribution in [3.63, 3.8) is 0 Å². The van der Waals surface area contributed by atoms with Crippen LogP contribution in [-0.4, -0.2) is 66.6 Å². The molecule has 3 aliphatic heterocycles. The molecule has 5 aliphatic rings. The largest absolute Gasteiger partial charge is 0.504 e. The number of carbonyl (C=O) groups is 1. The maximum atomic E-state index is 13.4. The normalized spacial score (nSPS) is 33.9. The van der Waals surface area contributed by atoms with Gasteiger partial charge in [0.1, 0.15) is 18.3 Å². The van der Waals surface area contributed by atoms with E-state index in [1.165, 1.54) is 13.3 Å². The minimum absolute atomic E-state index is 0.0602. The van der Waals surface area contributed by atoms with E-state index in [0.29, 0.717) is 14.9 Å². The monoisotopic (exact) mass is 628 g/mol. The predicted molar refractivity (Wildman–Crippen MR) is 139 cm³/mol. The molecule has 2 N–H and O–H groups in total. The zero-order valence-corrected chi connectivity index (χ0v) is 23.0. The number of rotatable bonds is 4. The lowest BCUT2D eigenvalue weighted by Crippen LogP contribution is -2.59. The van der Waals surface area contributed by atoms with E-state index in [4.69, 9.17) is 28.4 Å². The summed E-state index contributed by atoms with van der Waals surface area (Å²) in [4.78, 5) is 13.4. The second-order valence-electron chi connectivity index (χ2n) is 10.5. The van der Waals surface area contributed by atoms with Gasteiger partial charge in [0.25, 0.3) is 5.91 Å². The Morgan fingerprint density at radius 1 is 1.00 bits per heavy atom. The van der Waals surface area contributed by atoms with Crippen molar-refractivity contribution >= 4 is 34.7 Å². The van der Waals surface area contributed by atoms with Gasteiger partial charge in [-0.1, -0.05) is 12.8 Å². The van der Waals surface area contributed by atoms with Gasteiger partial charge in [-0.15, -0.1) is 0 Å². The van der Waals surface area contributed by atoms with Gasteiger partial charge in [-0.05, 0) is 66.0 Å². The van der Waals surface area contributed by atoms with Crippen molar-refractivity contribution in [3.05, 3.63) is 21.3 Å². The van der Waals surface area contributed by atoms with Crippen LogP contribution < -0.4 is 10.2 Å². The Bertz CT molecular complexity index is 1060. The average molecular weight is 628 g/mol. The molecule has 2 aliphatic carbocycles. The Kier molecular flexibility index (Phi) is 7.12. The fourth-order valence-electron chi connectivity index (χ4n) is 6.23. The van der Waals surface area contributed by atoms with Crippen LogP contribution in [0.3, 0.4) is 0 Å². The van der Waals surface area contributed by atoms with E-state index in [1.54, 1.807) is 12.1 Å². The second-order valence-corrected chi connectivity index (χ2v) is 11.7. The summed E-state index contributed by atoms with van der Waals surface area (Å²) in [5, 5.41) is 14.2. The van der Waals surface area contributed by atoms with Crippen molar-refractivity contribution in [2.24, 2.45) is 5.10 Å². The molecule has 0 aromatic heterocycles. The van der Waals surface area contributed by atoms with E-state index < -0.39 is 48.2 Å². The SMILES string of the molecule is COc1cc(/C=N/NC(=O)[C@@H]2O[C@@H]3OC4(CCCCC4)O[C@@H]3[C@H]3OC4(CCCCC4)O[C@@H]32)cc(I)c1O. The van der Waals surface area contributed by atoms with Gasteiger partial charge in [-0.25, -0.2) is 5.43 Å². The highest BCUT2D eigenvalue weighted by molar-refractivity contribution is 14.1. The molecular weight excluding hydrogens is 595 g/mol. The van der Waals surface area contributed by atoms with E-state index in [9.17, 15) is 9.90 Å². The molecule has 3 saturated heterocycles. The third kappa shape index (κ3) is 4.87. The summed E-state index contributed by atoms with van der Waals surface area (Å²) in [6, 6.07) is 3.37. The van der Waals surface area contributed by atoms with E-state index in [2.05, 4.69) is 10.5 Å². The van der Waals surface area contributed by atoms with E-state index in [-0.39, 0.29) is 5.75 Å². The molecule has 1 amide bonds. The molecule has 11 heteroatoms. The first-order valence-corrected chi connectivity index (χ1v) is 14.2. The van der Waals surface area contributed by atoms with Crippen molar-refractivity contribution in [2.45, 2.75) is 106 Å². The third-order valence-corrected chi connectivity index (χ3v) is 8.85. The number of methoxy groups -OCH3 is 1. The number of ether oxygens (including phenoxy) is 6. The van der Waals surface area contributed by atoms with Crippen LogP contribution in [-0.2, 0) is 28.5 Å². The lowest BCUT2D eigenvalue weighted by Gasteiger charge is -2.36. The van der Waals surface area contributed by atoms with Gasteiger partial charge in [-0.3, -0.25) is 4.79 Å². The van der Waals surface area contributed by atoms with Gasteiger partial charge in [0.2, 0.25) is 0 Å². The number of carbonyl (C=O) groups excluding carboxylic acids is 1. The minimum atomic E-state index is -0.957. The number of amides is 1. The number of phenolic OH excluding ortho intramolecular Hbond substituents is 1. The zero-order chi connectivity index (χ0) is 25.6. The highest BCUT2D eigenvalue weighted by Crippen LogP contribution is 2.51. The molecule has 5 fully saturated rings. The smallest absolute Gasteiger partial charge is 0.272 e. The first-order chi connectivity index (χ1) is 17.9. The summed E-state index contributed by atoms with van der Waals surface area (Å²) in [7, 11) is 1.48. The van der Waals surface area contributed by atoms with Gasteiger partial charge in [0.15, 0.2) is 35.5 Å². The second kappa shape index (κ2) is 10.2. The molecule has 3 heterocycles. The van der Waals surface area contributed by atoms with Gasteiger partial charge >= 0.3 is 0 Å². The summed E-state index contributed by atoms with van der Waals surface area (Å²) in [5.74, 6) is -1.44. The maximum absolute atomic E-state index is 13.4. The predicted octanol–water partition coefficient (Wildman–Crippen LogP) is 3.70. The molecule has 10 nitrogen and oxygen atoms in total. The minimum Gasteiger partial charge on any atom is -0.504 e. The number of nitrogens with one attached hydrogen (secondary N) is 1. The van der Waals surface area contributed by atoms with E-state index in [0.717, 1.165) is 64.2 Å². The van der Waals surface area contributed by atoms with Crippen LogP contribution in [0.5, 0.6) is 11.5 Å². The molecular formula is C26H33IN2O8. The van der Waals surface area contributed by atoms with Crippen molar-refractivity contribution in [1.29, 1.82) is 0 Å². The zero-order valence-electron chi connectivity index (χ0n) is 20.8. The van der Waals surface area contributed by atoms with Crippen LogP contribution in [0.1, 0.15) is 69.8 Å². The molecule has 202 valence electrons. The molecule has 0 bridgehead atoms. The van der Waals surface area contributed by atoms with Gasteiger partial charge in [-0.2, -0.15) is 5.10 Å². The summed E-state index contributed by atoms with van der Waals surface area (Å²) in [6.45, 7) is 0. The summed E-state index contributed by atoms with van der Waals surface area (Å²) in [6.07, 6.45) is 7.93. The molecule has 1 aromatic carbocycles. The summed E-state index contributed by atoms with van der Waals surface area (Å²) in [5.41, 5.74) is 3.26. The standard InChI is InChI=1S/C26H33IN2O8/c1-32-17-13-15(12-16(27)18(17)30)14-28-29-23(31)21-19-20(35-25(34-19)8-4-2-5-9-25)22-24(33-21)37-26(36-22)10-6-3-7-11-26/h12-14,19-22,24,30H,2-11H2,1H3,(H,29,31)/b28-14+/t19-,20-,21+,22+,24+/m0/s1. The fraction of sp³-hybridized carbons (Fsp3) is 0.692. The van der Waals surface area contributed by atoms with Gasteiger partial charge in [0.05, 0.1) is 16.9 Å². The number of fused-ring (bicyclic) bond motifs is 3. The van der Waals surface area contributed by atoms with Crippen molar-refractivity contribution in [3.8, 4) is 11.5 Å². The van der Waals surface area contributed by atoms with Crippen molar-refractivity contribution in [2.75, 3.05) is 7.11 Å². The van der Waals surface area contributed by atoms with Crippen LogP contribution in [0.25, 0.3) is 0 Å². The van der Waals surface area contributed by atoms with Gasteiger partial charge in [0, 0.05) is 25.7 Å². The van der Waals surface area contributed by atoms with Crippen LogP contribution in [0.15, 0.2) is 17.2 Å². The van der Waals surface area contributed by atoms with Crippen LogP contribution >= 0.6 is 22.6 Å². The maximum Gasteiger partial charge on any atom is 0.272 e. The van der Waals surface area contributed by atoms with Gasteiger partial charge < -0.3 is 33.5 Å². The van der Waals surface area contributed by atoms with Crippen molar-refractivity contribution < 1.29 is 38.3 Å². The lowest BCUT2D eigenvalue weighted by atomic mass is 9.94. The van der Waals surface area contributed by atoms with Crippen molar-refractivity contribution in [1.82, 2.24) is 5.43 Å². The number of hydrogen-bond donors (Lipinski definition) is 2. The molecule has 37 heavy (non-hydrogen) atoms. The lowest BCUT2D eigenvalue weighted by molar-refractivity contribution is -0.247. The number of benzene rings is 1. The summed E-state index contributed by atoms with van der Waals surface area (Å²) < 4.78 is 38.0. The number of aromatic hydroxyl groups is 1. The topological polar surface area (TPSA) is 117 Å². The first-order valence-electron chi connectivity index (χ1n) is 13.2. The first kappa shape index (κ1) is 25.8. The molecule has 0 radical (unpaired) electrons. The molecule has 2 spiro atoms. The summed E-state index contributed by atoms with van der Waals surface area (Å²) >= 11 is 2.01. The Hall–Kier alpha value is -1.51. The van der Waals surface area contributed by atoms with Crippen LogP contribution in [0, 0.1) is 3.57 Å². The highest BCUT2D eigenvalue weighted by atomic mass is 127. The van der Waals surface area contributed by atoms with E-state index in [1.807, 2.05) is 22.6 Å². The number of halogens is 1. The Labute approximate surface area is 229 Å². The number of phenols is 1. The average Bonchev–Trinajstić information content (AvgIpc) is 3.44. The third-order valence-electron chi connectivity index (χ3n) is 8.03. The molecule has 5 atom stereocenters. The Morgan fingerprint density at radius 3 is 2.30 bits per heavy atom. The van der Waals surface area contributed by atoms with Crippen LogP contribution in [0.2, 0.25) is 0 Å². The number of hydrazone groups is 1. The molecule has 1 aromatic rings. The van der Waals surface area contributed by atoms with Crippen LogP contribution in [0.4, 0.5) is 0 Å². The Balaban J connectivity index is 1.21. The highest BCUT2D eigenvalue weighted by Gasteiger charge is 2.65. The quantitative estimate of drug-likeness (QED) is 0.295.